The summed E-state index contributed by atoms with van der Waals surface area (Å²) in [7, 11) is 0. The first-order chi connectivity index (χ1) is 8.17. The number of ether oxygens (including phenoxy) is 1. The van der Waals surface area contributed by atoms with E-state index in [0.717, 1.165) is 6.42 Å². The van der Waals surface area contributed by atoms with Crippen molar-refractivity contribution in [3.05, 3.63) is 42.5 Å². The number of anilines is 1. The van der Waals surface area contributed by atoms with E-state index in [1.54, 1.807) is 24.3 Å². The fourth-order valence-electron chi connectivity index (χ4n) is 1.16. The van der Waals surface area contributed by atoms with Gasteiger partial charge in [0.15, 0.2) is 0 Å². The van der Waals surface area contributed by atoms with Gasteiger partial charge in [-0.05, 0) is 36.8 Å². The van der Waals surface area contributed by atoms with Gasteiger partial charge in [-0.15, -0.1) is 0 Å². The van der Waals surface area contributed by atoms with Crippen LogP contribution in [0.1, 0.15) is 23.7 Å². The average Bonchev–Trinajstić information content (AvgIpc) is 2.36. The number of nitrogens with one attached hydrogen (secondary N) is 1. The lowest BCUT2D eigenvalue weighted by Crippen LogP contribution is -2.08. The van der Waals surface area contributed by atoms with Crippen LogP contribution in [0.15, 0.2) is 36.9 Å². The van der Waals surface area contributed by atoms with E-state index in [-0.39, 0.29) is 11.9 Å². The predicted molar refractivity (Wildman–Crippen MR) is 65.8 cm³/mol. The second-order valence-corrected chi connectivity index (χ2v) is 3.41. The normalized spacial score (nSPS) is 9.47. The second-order valence-electron chi connectivity index (χ2n) is 3.41. The smallest absolute Gasteiger partial charge is 0.338 e. The van der Waals surface area contributed by atoms with Crippen LogP contribution in [0.2, 0.25) is 0 Å². The Hall–Kier alpha value is -2.10. The molecule has 1 rings (SSSR count). The third-order valence-corrected chi connectivity index (χ3v) is 2.01. The van der Waals surface area contributed by atoms with Gasteiger partial charge in [-0.25, -0.2) is 4.79 Å². The molecule has 0 aliphatic carbocycles. The molecule has 4 nitrogen and oxygen atoms in total. The Labute approximate surface area is 100 Å². The maximum absolute atomic E-state index is 11.5. The van der Waals surface area contributed by atoms with E-state index in [4.69, 9.17) is 4.74 Å². The molecule has 17 heavy (non-hydrogen) atoms. The summed E-state index contributed by atoms with van der Waals surface area (Å²) in [5, 5.41) is 2.59. The van der Waals surface area contributed by atoms with E-state index in [9.17, 15) is 9.59 Å². The molecule has 1 aromatic carbocycles. The second kappa shape index (κ2) is 6.48. The largest absolute Gasteiger partial charge is 0.462 e. The molecule has 0 spiro atoms. The highest BCUT2D eigenvalue weighted by molar-refractivity contribution is 5.99. The van der Waals surface area contributed by atoms with Crippen molar-refractivity contribution >= 4 is 17.6 Å². The highest BCUT2D eigenvalue weighted by Gasteiger charge is 2.06. The van der Waals surface area contributed by atoms with Crippen LogP contribution < -0.4 is 5.32 Å². The summed E-state index contributed by atoms with van der Waals surface area (Å²) in [5.41, 5.74) is 1.08. The van der Waals surface area contributed by atoms with E-state index < -0.39 is 0 Å². The van der Waals surface area contributed by atoms with Crippen LogP contribution in [0.25, 0.3) is 0 Å². The van der Waals surface area contributed by atoms with Crippen LogP contribution in [-0.4, -0.2) is 18.5 Å². The van der Waals surface area contributed by atoms with Crippen LogP contribution in [0.3, 0.4) is 0 Å². The summed E-state index contributed by atoms with van der Waals surface area (Å²) in [6, 6.07) is 6.50. The molecule has 0 saturated carbocycles. The van der Waals surface area contributed by atoms with Gasteiger partial charge >= 0.3 is 5.97 Å². The molecule has 90 valence electrons. The molecule has 4 heteroatoms. The van der Waals surface area contributed by atoms with Crippen LogP contribution in [-0.2, 0) is 9.53 Å². The summed E-state index contributed by atoms with van der Waals surface area (Å²) in [5.74, 6) is -0.639. The lowest BCUT2D eigenvalue weighted by atomic mass is 10.2. The first kappa shape index (κ1) is 13.0. The Balaban J connectivity index is 2.64. The Morgan fingerprint density at radius 2 is 2.00 bits per heavy atom. The monoisotopic (exact) mass is 233 g/mol. The quantitative estimate of drug-likeness (QED) is 0.627. The van der Waals surface area contributed by atoms with E-state index in [0.29, 0.717) is 17.9 Å². The molecule has 1 aromatic rings. The van der Waals surface area contributed by atoms with Gasteiger partial charge in [0.25, 0.3) is 0 Å². The predicted octanol–water partition coefficient (Wildman–Crippen LogP) is 2.38. The molecule has 0 atom stereocenters. The van der Waals surface area contributed by atoms with Crippen molar-refractivity contribution in [3.8, 4) is 0 Å². The summed E-state index contributed by atoms with van der Waals surface area (Å²) in [6.45, 7) is 5.69. The standard InChI is InChI=1S/C13H15NO3/c1-3-9-17-13(16)10-5-7-11(8-6-10)14-12(15)4-2/h4-8H,2-3,9H2,1H3,(H,14,15). The molecule has 0 aliphatic heterocycles. The molecule has 0 bridgehead atoms. The highest BCUT2D eigenvalue weighted by atomic mass is 16.5. The number of benzene rings is 1. The van der Waals surface area contributed by atoms with Crippen molar-refractivity contribution in [1.82, 2.24) is 0 Å². The van der Waals surface area contributed by atoms with E-state index in [1.807, 2.05) is 6.92 Å². The van der Waals surface area contributed by atoms with Gasteiger partial charge in [0.2, 0.25) is 5.91 Å². The number of rotatable bonds is 5. The Morgan fingerprint density at radius 3 is 2.53 bits per heavy atom. The first-order valence-electron chi connectivity index (χ1n) is 5.38. The SMILES string of the molecule is C=CC(=O)Nc1ccc(C(=O)OCCC)cc1. The fourth-order valence-corrected chi connectivity index (χ4v) is 1.16. The van der Waals surface area contributed by atoms with Crippen molar-refractivity contribution in [2.45, 2.75) is 13.3 Å². The van der Waals surface area contributed by atoms with Gasteiger partial charge in [-0.2, -0.15) is 0 Å². The molecule has 0 aliphatic rings. The van der Waals surface area contributed by atoms with Crippen molar-refractivity contribution in [3.63, 3.8) is 0 Å². The molecule has 0 unspecified atom stereocenters. The summed E-state index contributed by atoms with van der Waals surface area (Å²) >= 11 is 0. The van der Waals surface area contributed by atoms with E-state index in [1.165, 1.54) is 6.08 Å². The van der Waals surface area contributed by atoms with Gasteiger partial charge in [0.1, 0.15) is 0 Å². The first-order valence-corrected chi connectivity index (χ1v) is 5.38. The van der Waals surface area contributed by atoms with Gasteiger partial charge in [0.05, 0.1) is 12.2 Å². The Morgan fingerprint density at radius 1 is 1.35 bits per heavy atom. The zero-order chi connectivity index (χ0) is 12.7. The summed E-state index contributed by atoms with van der Waals surface area (Å²) in [4.78, 5) is 22.5. The number of carbonyl (C=O) groups excluding carboxylic acids is 2. The number of hydrogen-bond donors (Lipinski definition) is 1. The number of amides is 1. The summed E-state index contributed by atoms with van der Waals surface area (Å²) < 4.78 is 4.98. The van der Waals surface area contributed by atoms with E-state index in [2.05, 4.69) is 11.9 Å². The molecule has 1 N–H and O–H groups in total. The summed E-state index contributed by atoms with van der Waals surface area (Å²) in [6.07, 6.45) is 1.97. The molecular formula is C13H15NO3. The maximum Gasteiger partial charge on any atom is 0.338 e. The minimum Gasteiger partial charge on any atom is -0.462 e. The van der Waals surface area contributed by atoms with Gasteiger partial charge in [-0.3, -0.25) is 4.79 Å². The third kappa shape index (κ3) is 4.10. The van der Waals surface area contributed by atoms with Crippen LogP contribution in [0.4, 0.5) is 5.69 Å². The molecular weight excluding hydrogens is 218 g/mol. The lowest BCUT2D eigenvalue weighted by Gasteiger charge is -2.05. The van der Waals surface area contributed by atoms with Crippen molar-refractivity contribution in [1.29, 1.82) is 0 Å². The molecule has 0 radical (unpaired) electrons. The van der Waals surface area contributed by atoms with Crippen molar-refractivity contribution in [2.75, 3.05) is 11.9 Å². The number of carbonyl (C=O) groups is 2. The van der Waals surface area contributed by atoms with E-state index >= 15 is 0 Å². The van der Waals surface area contributed by atoms with Crippen LogP contribution in [0, 0.1) is 0 Å². The molecule has 1 amide bonds. The van der Waals surface area contributed by atoms with Crippen molar-refractivity contribution in [2.24, 2.45) is 0 Å². The molecule has 0 saturated heterocycles. The molecule has 0 heterocycles. The molecule has 0 fully saturated rings. The minimum atomic E-state index is -0.353. The lowest BCUT2D eigenvalue weighted by molar-refractivity contribution is -0.111. The highest BCUT2D eigenvalue weighted by Crippen LogP contribution is 2.10. The molecule has 0 aromatic heterocycles. The van der Waals surface area contributed by atoms with Gasteiger partial charge < -0.3 is 10.1 Å². The van der Waals surface area contributed by atoms with Crippen LogP contribution >= 0.6 is 0 Å². The van der Waals surface area contributed by atoms with Gasteiger partial charge in [-0.1, -0.05) is 13.5 Å². The fraction of sp³-hybridized carbons (Fsp3) is 0.231. The minimum absolute atomic E-state index is 0.286. The zero-order valence-electron chi connectivity index (χ0n) is 9.73. The van der Waals surface area contributed by atoms with Crippen molar-refractivity contribution < 1.29 is 14.3 Å². The Kier molecular flexibility index (Phi) is 4.94. The maximum atomic E-state index is 11.5. The third-order valence-electron chi connectivity index (χ3n) is 2.01. The zero-order valence-corrected chi connectivity index (χ0v) is 9.73. The average molecular weight is 233 g/mol. The number of hydrogen-bond acceptors (Lipinski definition) is 3. The van der Waals surface area contributed by atoms with Gasteiger partial charge in [0, 0.05) is 5.69 Å². The van der Waals surface area contributed by atoms with Crippen LogP contribution in [0.5, 0.6) is 0 Å². The topological polar surface area (TPSA) is 55.4 Å². The Bertz CT molecular complexity index is 409. The number of esters is 1.